The maximum Gasteiger partial charge on any atom is 0.313 e. The van der Waals surface area contributed by atoms with E-state index in [2.05, 4.69) is 5.32 Å². The lowest BCUT2D eigenvalue weighted by Gasteiger charge is -2.36. The van der Waals surface area contributed by atoms with Crippen LogP contribution in [0.3, 0.4) is 0 Å². The molecule has 2 aromatic rings. The fraction of sp³-hybridized carbons (Fsp3) is 0.429. The molecular formula is C35H39N3O7. The molecule has 2 fully saturated rings. The number of nitrogens with zero attached hydrogens (tertiary/aromatic N) is 2. The van der Waals surface area contributed by atoms with Crippen LogP contribution in [0.15, 0.2) is 72.8 Å². The fourth-order valence-electron chi connectivity index (χ4n) is 7.25. The number of rotatable bonds is 4. The first-order valence-corrected chi connectivity index (χ1v) is 15.5. The molecule has 2 saturated heterocycles. The van der Waals surface area contributed by atoms with Crippen molar-refractivity contribution in [2.45, 2.75) is 63.5 Å². The van der Waals surface area contributed by atoms with Crippen LogP contribution in [-0.2, 0) is 28.7 Å². The number of anilines is 1. The van der Waals surface area contributed by atoms with E-state index in [4.69, 9.17) is 9.47 Å². The molecule has 3 amide bonds. The van der Waals surface area contributed by atoms with Crippen molar-refractivity contribution < 1.29 is 33.8 Å². The maximum atomic E-state index is 14.8. The first-order chi connectivity index (χ1) is 21.7. The van der Waals surface area contributed by atoms with E-state index in [1.165, 1.54) is 4.90 Å². The third-order valence-electron chi connectivity index (χ3n) is 9.35. The average Bonchev–Trinajstić information content (AvgIpc) is 3.66. The van der Waals surface area contributed by atoms with E-state index in [1.807, 2.05) is 74.5 Å². The molecule has 4 aliphatic heterocycles. The summed E-state index contributed by atoms with van der Waals surface area (Å²) in [7, 11) is 0. The average molecular weight is 614 g/mol. The van der Waals surface area contributed by atoms with Gasteiger partial charge in [0, 0.05) is 25.2 Å². The molecule has 0 unspecified atom stereocenters. The van der Waals surface area contributed by atoms with Crippen molar-refractivity contribution in [3.8, 4) is 0 Å². The largest absolute Gasteiger partial charge is 0.455 e. The molecule has 5 bridgehead atoms. The highest BCUT2D eigenvalue weighted by Gasteiger charge is 2.73. The molecule has 10 nitrogen and oxygen atoms in total. The van der Waals surface area contributed by atoms with E-state index in [9.17, 15) is 24.3 Å². The number of carbonyl (C=O) groups is 4. The Morgan fingerprint density at radius 1 is 1.02 bits per heavy atom. The molecule has 2 aromatic carbocycles. The van der Waals surface area contributed by atoms with Crippen LogP contribution in [0.5, 0.6) is 0 Å². The Hall–Kier alpha value is -4.28. The Bertz CT molecular complexity index is 1560. The molecular weight excluding hydrogens is 574 g/mol. The summed E-state index contributed by atoms with van der Waals surface area (Å²) in [6, 6.07) is 13.3. The van der Waals surface area contributed by atoms with Crippen molar-refractivity contribution in [1.82, 2.24) is 10.2 Å². The van der Waals surface area contributed by atoms with Crippen molar-refractivity contribution in [3.05, 3.63) is 89.5 Å². The van der Waals surface area contributed by atoms with Crippen LogP contribution < -0.4 is 10.2 Å². The Kier molecular flexibility index (Phi) is 8.37. The molecule has 0 saturated carbocycles. The first kappa shape index (κ1) is 30.7. The third kappa shape index (κ3) is 5.36. The van der Waals surface area contributed by atoms with E-state index in [-0.39, 0.29) is 37.9 Å². The fourth-order valence-corrected chi connectivity index (χ4v) is 7.25. The second kappa shape index (κ2) is 12.3. The SMILES string of the molecule is Cc1ccc(C)c(N2C/C=C\CCC(=O)N[C@@H](C)[C@H](c3ccccc3)OC(=O)[C@@H]3[C@H]4C(=O)N(CCO)[C@H](C2=O)[C@]42C=C[C@H]3O2)c1. The second-order valence-corrected chi connectivity index (χ2v) is 12.3. The molecule has 4 aliphatic rings. The molecule has 0 radical (unpaired) electrons. The number of aliphatic hydroxyl groups is 1. The molecule has 6 rings (SSSR count). The van der Waals surface area contributed by atoms with E-state index in [0.29, 0.717) is 17.7 Å². The Morgan fingerprint density at radius 2 is 1.80 bits per heavy atom. The van der Waals surface area contributed by atoms with Crippen molar-refractivity contribution in [1.29, 1.82) is 0 Å². The summed E-state index contributed by atoms with van der Waals surface area (Å²) in [6.07, 6.45) is 6.24. The van der Waals surface area contributed by atoms with Crippen LogP contribution in [0.4, 0.5) is 5.69 Å². The summed E-state index contributed by atoms with van der Waals surface area (Å²) in [5.41, 5.74) is 1.80. The standard InChI is InChI=1S/C35H39N3O7/c1-21-13-14-22(2)25(20-21)37-17-9-5-8-12-27(40)36-23(3)30(24-10-6-4-7-11-24)44-34(43)28-26-15-16-35(45-26)29(28)32(41)38(18-19-39)31(35)33(37)42/h4-7,9-11,13-16,20,23,26,28-31,39H,8,12,17-19H2,1-3H3,(H,36,40)/b9-5-/t23-,26+,28-,29-,30+,31+,35-/m0/s1. The summed E-state index contributed by atoms with van der Waals surface area (Å²) in [4.78, 5) is 59.0. The zero-order chi connectivity index (χ0) is 31.9. The Labute approximate surface area is 262 Å². The van der Waals surface area contributed by atoms with Gasteiger partial charge < -0.3 is 29.7 Å². The lowest BCUT2D eigenvalue weighted by Crippen LogP contribution is -2.56. The van der Waals surface area contributed by atoms with Crippen LogP contribution in [0.2, 0.25) is 0 Å². The summed E-state index contributed by atoms with van der Waals surface area (Å²) >= 11 is 0. The highest BCUT2D eigenvalue weighted by molar-refractivity contribution is 6.05. The molecule has 1 spiro atoms. The number of amides is 3. The van der Waals surface area contributed by atoms with E-state index in [0.717, 1.165) is 11.1 Å². The number of ether oxygens (including phenoxy) is 2. The number of benzene rings is 2. The predicted octanol–water partition coefficient (Wildman–Crippen LogP) is 2.92. The number of aryl methyl sites for hydroxylation is 2. The molecule has 7 atom stereocenters. The minimum Gasteiger partial charge on any atom is -0.455 e. The van der Waals surface area contributed by atoms with Crippen molar-refractivity contribution in [2.24, 2.45) is 11.8 Å². The van der Waals surface area contributed by atoms with Gasteiger partial charge in [0.1, 0.15) is 23.7 Å². The number of cyclic esters (lactones) is 1. The summed E-state index contributed by atoms with van der Waals surface area (Å²) in [6.45, 7) is 5.37. The lowest BCUT2D eigenvalue weighted by atomic mass is 9.74. The normalized spacial score (nSPS) is 32.4. The quantitative estimate of drug-likeness (QED) is 0.401. The number of allylic oxidation sites excluding steroid dienone is 1. The lowest BCUT2D eigenvalue weighted by molar-refractivity contribution is -0.161. The second-order valence-electron chi connectivity index (χ2n) is 12.3. The van der Waals surface area contributed by atoms with Gasteiger partial charge in [-0.2, -0.15) is 0 Å². The minimum absolute atomic E-state index is 0.0939. The number of hydrogen-bond donors (Lipinski definition) is 2. The first-order valence-electron chi connectivity index (χ1n) is 15.5. The van der Waals surface area contributed by atoms with Gasteiger partial charge in [0.25, 0.3) is 5.91 Å². The van der Waals surface area contributed by atoms with E-state index >= 15 is 0 Å². The monoisotopic (exact) mass is 613 g/mol. The number of fused-ring (bicyclic) bond motifs is 2. The van der Waals surface area contributed by atoms with Crippen LogP contribution in [0.1, 0.15) is 42.6 Å². The number of aliphatic hydroxyl groups excluding tert-OH is 1. The summed E-state index contributed by atoms with van der Waals surface area (Å²) in [5.74, 6) is -3.70. The van der Waals surface area contributed by atoms with E-state index in [1.54, 1.807) is 24.0 Å². The smallest absolute Gasteiger partial charge is 0.313 e. The van der Waals surface area contributed by atoms with Gasteiger partial charge in [-0.15, -0.1) is 0 Å². The summed E-state index contributed by atoms with van der Waals surface area (Å²) in [5, 5.41) is 13.0. The zero-order valence-electron chi connectivity index (χ0n) is 25.7. The van der Waals surface area contributed by atoms with Gasteiger partial charge in [-0.1, -0.05) is 66.8 Å². The molecule has 236 valence electrons. The number of carbonyl (C=O) groups excluding carboxylic acids is 4. The molecule has 0 aromatic heterocycles. The van der Waals surface area contributed by atoms with Gasteiger partial charge in [0.2, 0.25) is 11.8 Å². The van der Waals surface area contributed by atoms with E-state index < -0.39 is 53.6 Å². The molecule has 2 N–H and O–H groups in total. The van der Waals surface area contributed by atoms with Gasteiger partial charge >= 0.3 is 5.97 Å². The third-order valence-corrected chi connectivity index (χ3v) is 9.35. The molecule has 4 heterocycles. The maximum absolute atomic E-state index is 14.8. The highest BCUT2D eigenvalue weighted by Crippen LogP contribution is 2.56. The van der Waals surface area contributed by atoms with Crippen molar-refractivity contribution in [3.63, 3.8) is 0 Å². The van der Waals surface area contributed by atoms with Gasteiger partial charge in [-0.25, -0.2) is 0 Å². The van der Waals surface area contributed by atoms with Crippen LogP contribution >= 0.6 is 0 Å². The summed E-state index contributed by atoms with van der Waals surface area (Å²) < 4.78 is 12.6. The number of likely N-dealkylation sites (tertiary alicyclic amines) is 1. The van der Waals surface area contributed by atoms with Gasteiger partial charge in [-0.3, -0.25) is 19.2 Å². The van der Waals surface area contributed by atoms with Crippen LogP contribution in [0.25, 0.3) is 0 Å². The molecule has 45 heavy (non-hydrogen) atoms. The molecule has 10 heteroatoms. The van der Waals surface area contributed by atoms with Gasteiger partial charge in [0.15, 0.2) is 0 Å². The number of nitrogens with one attached hydrogen (secondary N) is 1. The van der Waals surface area contributed by atoms with Crippen molar-refractivity contribution in [2.75, 3.05) is 24.6 Å². The number of esters is 1. The minimum atomic E-state index is -1.41. The van der Waals surface area contributed by atoms with Crippen LogP contribution in [0, 0.1) is 25.7 Å². The Morgan fingerprint density at radius 3 is 2.56 bits per heavy atom. The van der Waals surface area contributed by atoms with Crippen LogP contribution in [-0.4, -0.2) is 77.2 Å². The number of hydrogen-bond acceptors (Lipinski definition) is 7. The number of β-amino-alcohol motifs (C(OH)–C–C–N with tert-alkyl or cyclic N) is 1. The Balaban J connectivity index is 1.45. The van der Waals surface area contributed by atoms with Gasteiger partial charge in [-0.05, 0) is 49.9 Å². The predicted molar refractivity (Wildman–Crippen MR) is 166 cm³/mol. The highest BCUT2D eigenvalue weighted by atomic mass is 16.6. The van der Waals surface area contributed by atoms with Gasteiger partial charge in [0.05, 0.1) is 24.7 Å². The molecule has 0 aliphatic carbocycles. The zero-order valence-corrected chi connectivity index (χ0v) is 25.7. The van der Waals surface area contributed by atoms with Crippen molar-refractivity contribution >= 4 is 29.4 Å². The topological polar surface area (TPSA) is 125 Å².